The largest absolute Gasteiger partial charge is 0.490 e. The van der Waals surface area contributed by atoms with Crippen molar-refractivity contribution in [2.24, 2.45) is 0 Å². The van der Waals surface area contributed by atoms with Crippen molar-refractivity contribution in [3.8, 4) is 5.75 Å². The van der Waals surface area contributed by atoms with E-state index in [2.05, 4.69) is 0 Å². The normalized spacial score (nSPS) is 10.4. The number of hydrogen-bond acceptors (Lipinski definition) is 4. The maximum Gasteiger partial charge on any atom is 0.315 e. The molecule has 0 aromatic heterocycles. The van der Waals surface area contributed by atoms with Gasteiger partial charge in [-0.15, -0.1) is 0 Å². The van der Waals surface area contributed by atoms with Gasteiger partial charge >= 0.3 is 5.69 Å². The number of carbonyl (C=O) groups excluding carboxylic acids is 1. The highest BCUT2D eigenvalue weighted by molar-refractivity contribution is 14.1. The number of rotatable bonds is 5. The lowest BCUT2D eigenvalue weighted by Crippen LogP contribution is -2.07. The molecule has 120 valence electrons. The molecule has 0 heterocycles. The van der Waals surface area contributed by atoms with Crippen LogP contribution in [0.5, 0.6) is 5.75 Å². The lowest BCUT2D eigenvalue weighted by molar-refractivity contribution is -0.386. The number of ether oxygens (including phenoxy) is 1. The monoisotopic (exact) mass is 433 g/mol. The summed E-state index contributed by atoms with van der Waals surface area (Å²) in [7, 11) is 1.15. The van der Waals surface area contributed by atoms with Crippen molar-refractivity contribution in [3.05, 3.63) is 66.3 Å². The van der Waals surface area contributed by atoms with Crippen molar-refractivity contribution < 1.29 is 23.2 Å². The molecule has 0 radical (unpaired) electrons. The van der Waals surface area contributed by atoms with Crippen LogP contribution in [0.2, 0.25) is 0 Å². The average Bonchev–Trinajstić information content (AvgIpc) is 2.49. The summed E-state index contributed by atoms with van der Waals surface area (Å²) in [6, 6.07) is 5.07. The van der Waals surface area contributed by atoms with E-state index in [1.54, 1.807) is 6.07 Å². The van der Waals surface area contributed by atoms with Crippen molar-refractivity contribution in [3.63, 3.8) is 0 Å². The van der Waals surface area contributed by atoms with Gasteiger partial charge in [0, 0.05) is 16.1 Å². The number of halogens is 3. The van der Waals surface area contributed by atoms with Gasteiger partial charge in [-0.1, -0.05) is 6.07 Å². The zero-order valence-corrected chi connectivity index (χ0v) is 14.0. The van der Waals surface area contributed by atoms with Crippen LogP contribution < -0.4 is 4.74 Å². The number of benzene rings is 2. The molecule has 0 spiro atoms. The predicted octanol–water partition coefficient (Wildman–Crippen LogP) is 3.89. The molecule has 0 aliphatic rings. The minimum Gasteiger partial charge on any atom is -0.490 e. The van der Waals surface area contributed by atoms with Gasteiger partial charge in [0.1, 0.15) is 11.6 Å². The summed E-state index contributed by atoms with van der Waals surface area (Å²) in [5, 5.41) is 11.3. The maximum absolute atomic E-state index is 14.0. The zero-order valence-electron chi connectivity index (χ0n) is 11.8. The van der Waals surface area contributed by atoms with Crippen LogP contribution in [-0.2, 0) is 6.42 Å². The minimum atomic E-state index is -0.955. The van der Waals surface area contributed by atoms with Gasteiger partial charge in [0.25, 0.3) is 0 Å². The Bertz CT molecular complexity index is 796. The van der Waals surface area contributed by atoms with Crippen molar-refractivity contribution >= 4 is 34.6 Å². The third-order valence-corrected chi connectivity index (χ3v) is 3.93. The summed E-state index contributed by atoms with van der Waals surface area (Å²) in [4.78, 5) is 21.7. The Labute approximate surface area is 143 Å². The molecule has 0 fully saturated rings. The van der Waals surface area contributed by atoms with E-state index in [0.29, 0.717) is 3.57 Å². The Morgan fingerprint density at radius 1 is 1.30 bits per heavy atom. The Morgan fingerprint density at radius 3 is 2.52 bits per heavy atom. The second kappa shape index (κ2) is 6.99. The Balaban J connectivity index is 2.70. The van der Waals surface area contributed by atoms with Crippen molar-refractivity contribution in [2.75, 3.05) is 7.11 Å². The fourth-order valence-corrected chi connectivity index (χ4v) is 2.65. The first-order valence-corrected chi connectivity index (χ1v) is 7.39. The molecule has 2 aromatic rings. The molecule has 0 aliphatic carbocycles. The van der Waals surface area contributed by atoms with Gasteiger partial charge < -0.3 is 4.74 Å². The molecule has 0 atom stereocenters. The maximum atomic E-state index is 14.0. The van der Waals surface area contributed by atoms with E-state index in [-0.39, 0.29) is 29.6 Å². The van der Waals surface area contributed by atoms with E-state index in [0.717, 1.165) is 13.2 Å². The standard InChI is InChI=1S/C15H10F2INO4/c1-23-14-6-13(17)11(7-20)10(15(14)19(21)22)4-8-2-3-9(18)5-12(8)16/h2-3,5-7H,4H2,1H3. The first-order valence-electron chi connectivity index (χ1n) is 6.31. The number of nitro groups is 1. The van der Waals surface area contributed by atoms with E-state index in [4.69, 9.17) is 4.74 Å². The second-order valence-corrected chi connectivity index (χ2v) is 5.83. The molecule has 2 rings (SSSR count). The van der Waals surface area contributed by atoms with Crippen LogP contribution in [0.4, 0.5) is 14.5 Å². The van der Waals surface area contributed by atoms with Crippen LogP contribution in [0.3, 0.4) is 0 Å². The average molecular weight is 433 g/mol. The van der Waals surface area contributed by atoms with E-state index >= 15 is 0 Å². The highest BCUT2D eigenvalue weighted by Crippen LogP contribution is 2.36. The van der Waals surface area contributed by atoms with Crippen molar-refractivity contribution in [1.82, 2.24) is 0 Å². The third-order valence-electron chi connectivity index (χ3n) is 3.26. The summed E-state index contributed by atoms with van der Waals surface area (Å²) in [5.74, 6) is -1.87. The van der Waals surface area contributed by atoms with Crippen LogP contribution in [0.15, 0.2) is 24.3 Å². The van der Waals surface area contributed by atoms with Gasteiger partial charge in [-0.05, 0) is 40.3 Å². The molecule has 0 aliphatic heterocycles. The molecule has 8 heteroatoms. The van der Waals surface area contributed by atoms with Crippen LogP contribution >= 0.6 is 22.6 Å². The first kappa shape index (κ1) is 17.3. The Hall–Kier alpha value is -2.10. The summed E-state index contributed by atoms with van der Waals surface area (Å²) in [6.07, 6.45) is -0.122. The van der Waals surface area contributed by atoms with Crippen LogP contribution in [0.25, 0.3) is 0 Å². The van der Waals surface area contributed by atoms with Gasteiger partial charge in [-0.25, -0.2) is 8.78 Å². The minimum absolute atomic E-state index is 0.115. The van der Waals surface area contributed by atoms with Gasteiger partial charge in [-0.3, -0.25) is 14.9 Å². The van der Waals surface area contributed by atoms with Gasteiger partial charge in [0.15, 0.2) is 12.0 Å². The molecular formula is C15H10F2INO4. The quantitative estimate of drug-likeness (QED) is 0.311. The molecule has 0 unspecified atom stereocenters. The molecule has 0 bridgehead atoms. The fourth-order valence-electron chi connectivity index (χ4n) is 2.20. The highest BCUT2D eigenvalue weighted by atomic mass is 127. The number of carbonyl (C=O) groups is 1. The van der Waals surface area contributed by atoms with Gasteiger partial charge in [0.2, 0.25) is 0 Å². The molecular weight excluding hydrogens is 423 g/mol. The number of aldehydes is 1. The summed E-state index contributed by atoms with van der Waals surface area (Å²) in [5.41, 5.74) is -1.13. The first-order chi connectivity index (χ1) is 10.9. The van der Waals surface area contributed by atoms with Gasteiger partial charge in [-0.2, -0.15) is 0 Å². The summed E-state index contributed by atoms with van der Waals surface area (Å²) in [6.45, 7) is 0. The molecule has 2 aromatic carbocycles. The Morgan fingerprint density at radius 2 is 2.00 bits per heavy atom. The lowest BCUT2D eigenvalue weighted by atomic mass is 9.97. The van der Waals surface area contributed by atoms with Gasteiger partial charge in [0.05, 0.1) is 23.2 Å². The molecule has 0 amide bonds. The van der Waals surface area contributed by atoms with Crippen molar-refractivity contribution in [2.45, 2.75) is 6.42 Å². The second-order valence-electron chi connectivity index (χ2n) is 4.59. The number of nitrogens with zero attached hydrogens (tertiary/aromatic N) is 1. The van der Waals surface area contributed by atoms with E-state index < -0.39 is 27.8 Å². The number of hydrogen-bond donors (Lipinski definition) is 0. The van der Waals surface area contributed by atoms with Crippen LogP contribution in [0.1, 0.15) is 21.5 Å². The lowest BCUT2D eigenvalue weighted by Gasteiger charge is -2.11. The topological polar surface area (TPSA) is 69.4 Å². The summed E-state index contributed by atoms with van der Waals surface area (Å²) >= 11 is 1.92. The fraction of sp³-hybridized carbons (Fsp3) is 0.133. The molecule has 5 nitrogen and oxygen atoms in total. The molecule has 0 saturated heterocycles. The van der Waals surface area contributed by atoms with E-state index in [1.807, 2.05) is 22.6 Å². The molecule has 0 saturated carbocycles. The number of nitro benzene ring substituents is 1. The van der Waals surface area contributed by atoms with E-state index in [9.17, 15) is 23.7 Å². The summed E-state index contributed by atoms with van der Waals surface area (Å²) < 4.78 is 33.4. The predicted molar refractivity (Wildman–Crippen MR) is 86.9 cm³/mol. The van der Waals surface area contributed by atoms with Crippen molar-refractivity contribution in [1.29, 1.82) is 0 Å². The zero-order chi connectivity index (χ0) is 17.1. The van der Waals surface area contributed by atoms with E-state index in [1.165, 1.54) is 12.1 Å². The van der Waals surface area contributed by atoms with Crippen LogP contribution in [0, 0.1) is 25.3 Å². The highest BCUT2D eigenvalue weighted by Gasteiger charge is 2.28. The number of methoxy groups -OCH3 is 1. The van der Waals surface area contributed by atoms with Crippen LogP contribution in [-0.4, -0.2) is 18.3 Å². The molecule has 0 N–H and O–H groups in total. The SMILES string of the molecule is COc1cc(F)c(C=O)c(Cc2ccc(I)cc2F)c1[N+](=O)[O-]. The third kappa shape index (κ3) is 3.46. The Kier molecular flexibility index (Phi) is 5.24. The molecule has 23 heavy (non-hydrogen) atoms. The smallest absolute Gasteiger partial charge is 0.315 e.